The van der Waals surface area contributed by atoms with Crippen molar-refractivity contribution >= 4 is 39.1 Å². The molecule has 0 aliphatic carbocycles. The number of carbonyl (C=O) groups is 1. The molecule has 0 spiro atoms. The number of nitrogens with zero attached hydrogens (tertiary/aromatic N) is 3. The van der Waals surface area contributed by atoms with Gasteiger partial charge in [0.25, 0.3) is 15.9 Å². The third kappa shape index (κ3) is 4.27. The fourth-order valence-electron chi connectivity index (χ4n) is 2.58. The third-order valence-corrected chi connectivity index (χ3v) is 5.90. The summed E-state index contributed by atoms with van der Waals surface area (Å²) < 4.78 is 67.0. The minimum atomic E-state index is -4.93. The SMILES string of the molecule is Cc1c(C(=O)NS(=O)(=O)c2ccccc2C(F)(F)F)nnn1-c1cc(Cl)ccc1Cl. The first-order chi connectivity index (χ1) is 13.9. The number of alkyl halides is 3. The normalized spacial score (nSPS) is 12.1. The first-order valence-corrected chi connectivity index (χ1v) is 10.3. The van der Waals surface area contributed by atoms with Crippen LogP contribution in [0.2, 0.25) is 10.0 Å². The Labute approximate surface area is 178 Å². The Bertz CT molecular complexity index is 1240. The third-order valence-electron chi connectivity index (χ3n) is 3.96. The van der Waals surface area contributed by atoms with Crippen LogP contribution in [0.1, 0.15) is 21.7 Å². The van der Waals surface area contributed by atoms with E-state index in [0.717, 1.165) is 22.9 Å². The fraction of sp³-hybridized carbons (Fsp3) is 0.118. The molecule has 0 radical (unpaired) electrons. The maximum Gasteiger partial charge on any atom is 0.417 e. The Morgan fingerprint density at radius 1 is 1.13 bits per heavy atom. The van der Waals surface area contributed by atoms with Gasteiger partial charge in [0.2, 0.25) is 0 Å². The number of halogens is 5. The molecule has 3 aromatic rings. The second-order valence-electron chi connectivity index (χ2n) is 5.96. The van der Waals surface area contributed by atoms with Crippen LogP contribution in [-0.2, 0) is 16.2 Å². The summed E-state index contributed by atoms with van der Waals surface area (Å²) in [7, 11) is -4.85. The molecule has 30 heavy (non-hydrogen) atoms. The number of carbonyl (C=O) groups excluding carboxylic acids is 1. The van der Waals surface area contributed by atoms with Gasteiger partial charge < -0.3 is 0 Å². The number of sulfonamides is 1. The highest BCUT2D eigenvalue weighted by atomic mass is 35.5. The van der Waals surface area contributed by atoms with Gasteiger partial charge in [-0.2, -0.15) is 13.2 Å². The fourth-order valence-corrected chi connectivity index (χ4v) is 4.12. The number of benzene rings is 2. The monoisotopic (exact) mass is 478 g/mol. The van der Waals surface area contributed by atoms with E-state index in [1.54, 1.807) is 4.72 Å². The predicted molar refractivity (Wildman–Crippen MR) is 102 cm³/mol. The first kappa shape index (κ1) is 22.1. The number of hydrogen-bond donors (Lipinski definition) is 1. The van der Waals surface area contributed by atoms with Crippen LogP contribution in [0.5, 0.6) is 0 Å². The van der Waals surface area contributed by atoms with E-state index in [2.05, 4.69) is 10.3 Å². The molecule has 7 nitrogen and oxygen atoms in total. The van der Waals surface area contributed by atoms with Crippen LogP contribution in [0, 0.1) is 6.92 Å². The van der Waals surface area contributed by atoms with Gasteiger partial charge in [0.05, 0.1) is 26.9 Å². The van der Waals surface area contributed by atoms with E-state index in [-0.39, 0.29) is 16.4 Å². The summed E-state index contributed by atoms with van der Waals surface area (Å²) in [5, 5.41) is 7.93. The molecule has 0 atom stereocenters. The molecule has 0 fully saturated rings. The van der Waals surface area contributed by atoms with E-state index in [9.17, 15) is 26.4 Å². The van der Waals surface area contributed by atoms with Crippen LogP contribution in [0.15, 0.2) is 47.4 Å². The highest BCUT2D eigenvalue weighted by Crippen LogP contribution is 2.34. The molecule has 158 valence electrons. The molecule has 0 unspecified atom stereocenters. The van der Waals surface area contributed by atoms with E-state index in [1.165, 1.54) is 25.1 Å². The van der Waals surface area contributed by atoms with Gasteiger partial charge in [-0.15, -0.1) is 5.10 Å². The highest BCUT2D eigenvalue weighted by Gasteiger charge is 2.37. The van der Waals surface area contributed by atoms with E-state index in [0.29, 0.717) is 11.1 Å². The zero-order valence-electron chi connectivity index (χ0n) is 14.9. The zero-order chi connectivity index (χ0) is 22.3. The van der Waals surface area contributed by atoms with Crippen molar-refractivity contribution in [2.75, 3.05) is 0 Å². The highest BCUT2D eigenvalue weighted by molar-refractivity contribution is 7.90. The zero-order valence-corrected chi connectivity index (χ0v) is 17.2. The van der Waals surface area contributed by atoms with Gasteiger partial charge in [0.15, 0.2) is 5.69 Å². The first-order valence-electron chi connectivity index (χ1n) is 8.03. The summed E-state index contributed by atoms with van der Waals surface area (Å²) in [6.45, 7) is 1.41. The molecular weight excluding hydrogens is 468 g/mol. The van der Waals surface area contributed by atoms with Gasteiger partial charge in [0, 0.05) is 5.02 Å². The Balaban J connectivity index is 1.96. The summed E-state index contributed by atoms with van der Waals surface area (Å²) in [4.78, 5) is 11.4. The molecule has 2 aromatic carbocycles. The van der Waals surface area contributed by atoms with Crippen LogP contribution < -0.4 is 4.72 Å². The van der Waals surface area contributed by atoms with Gasteiger partial charge in [-0.25, -0.2) is 17.8 Å². The van der Waals surface area contributed by atoms with E-state index >= 15 is 0 Å². The Morgan fingerprint density at radius 3 is 2.47 bits per heavy atom. The van der Waals surface area contributed by atoms with Gasteiger partial charge >= 0.3 is 6.18 Å². The number of rotatable bonds is 4. The van der Waals surface area contributed by atoms with Crippen LogP contribution >= 0.6 is 23.2 Å². The largest absolute Gasteiger partial charge is 0.417 e. The summed E-state index contributed by atoms with van der Waals surface area (Å²) in [6, 6.07) is 7.95. The molecule has 1 aromatic heterocycles. The van der Waals surface area contributed by atoms with Crippen LogP contribution in [0.4, 0.5) is 13.2 Å². The lowest BCUT2D eigenvalue weighted by Gasteiger charge is -2.13. The second-order valence-corrected chi connectivity index (χ2v) is 8.45. The average Bonchev–Trinajstić information content (AvgIpc) is 3.04. The molecule has 0 aliphatic heterocycles. The topological polar surface area (TPSA) is 93.9 Å². The summed E-state index contributed by atoms with van der Waals surface area (Å²) in [5.74, 6) is -1.26. The lowest BCUT2D eigenvalue weighted by Crippen LogP contribution is -2.32. The minimum absolute atomic E-state index is 0.0935. The van der Waals surface area contributed by atoms with Gasteiger partial charge in [-0.1, -0.05) is 40.5 Å². The van der Waals surface area contributed by atoms with Crippen molar-refractivity contribution in [2.45, 2.75) is 18.0 Å². The number of amides is 1. The predicted octanol–water partition coefficient (Wildman–Crippen LogP) is 4.02. The average molecular weight is 479 g/mol. The Morgan fingerprint density at radius 2 is 1.80 bits per heavy atom. The minimum Gasteiger partial charge on any atom is -0.266 e. The van der Waals surface area contributed by atoms with Crippen molar-refractivity contribution < 1.29 is 26.4 Å². The molecule has 3 rings (SSSR count). The quantitative estimate of drug-likeness (QED) is 0.610. The number of aromatic nitrogens is 3. The van der Waals surface area contributed by atoms with Crippen molar-refractivity contribution in [1.29, 1.82) is 0 Å². The maximum absolute atomic E-state index is 13.1. The lowest BCUT2D eigenvalue weighted by atomic mass is 10.2. The standard InChI is InChI=1S/C17H11Cl2F3N4O3S/c1-9-15(23-25-26(9)13-8-10(18)6-7-12(13)19)16(27)24-30(28,29)14-5-3-2-4-11(14)17(20,21)22/h2-8H,1H3,(H,24,27). The maximum atomic E-state index is 13.1. The van der Waals surface area contributed by atoms with Crippen molar-refractivity contribution in [3.05, 3.63) is 69.5 Å². The summed E-state index contributed by atoms with van der Waals surface area (Å²) in [6.07, 6.45) is -4.93. The van der Waals surface area contributed by atoms with Gasteiger partial charge in [-0.3, -0.25) is 4.79 Å². The van der Waals surface area contributed by atoms with Crippen LogP contribution in [0.3, 0.4) is 0 Å². The molecule has 1 heterocycles. The molecule has 0 saturated carbocycles. The molecule has 0 saturated heterocycles. The molecule has 0 aliphatic rings. The smallest absolute Gasteiger partial charge is 0.266 e. The van der Waals surface area contributed by atoms with Crippen molar-refractivity contribution in [2.24, 2.45) is 0 Å². The van der Waals surface area contributed by atoms with E-state index in [1.807, 2.05) is 0 Å². The van der Waals surface area contributed by atoms with Crippen LogP contribution in [-0.4, -0.2) is 29.3 Å². The molecule has 13 heteroatoms. The van der Waals surface area contributed by atoms with E-state index in [4.69, 9.17) is 23.2 Å². The van der Waals surface area contributed by atoms with Crippen molar-refractivity contribution in [1.82, 2.24) is 19.7 Å². The summed E-state index contributed by atoms with van der Waals surface area (Å²) in [5.41, 5.74) is -1.45. The van der Waals surface area contributed by atoms with E-state index < -0.39 is 38.3 Å². The van der Waals surface area contributed by atoms with Crippen LogP contribution in [0.25, 0.3) is 5.69 Å². The molecular formula is C17H11Cl2F3N4O3S. The van der Waals surface area contributed by atoms with Gasteiger partial charge in [-0.05, 0) is 37.3 Å². The molecule has 0 bridgehead atoms. The lowest BCUT2D eigenvalue weighted by molar-refractivity contribution is -0.139. The molecule has 1 amide bonds. The summed E-state index contributed by atoms with van der Waals surface area (Å²) >= 11 is 12.0. The number of nitrogens with one attached hydrogen (secondary N) is 1. The number of hydrogen-bond acceptors (Lipinski definition) is 5. The second kappa shape index (κ2) is 7.89. The Kier molecular flexibility index (Phi) is 5.81. The van der Waals surface area contributed by atoms with Crippen molar-refractivity contribution in [3.8, 4) is 5.69 Å². The van der Waals surface area contributed by atoms with Crippen molar-refractivity contribution in [3.63, 3.8) is 0 Å². The molecule has 1 N–H and O–H groups in total. The van der Waals surface area contributed by atoms with Gasteiger partial charge in [0.1, 0.15) is 0 Å². The Hall–Kier alpha value is -2.63.